The molecule has 1 atom stereocenters. The van der Waals surface area contributed by atoms with E-state index >= 15 is 0 Å². The number of alkyl halides is 3. The van der Waals surface area contributed by atoms with E-state index in [1.807, 2.05) is 0 Å². The van der Waals surface area contributed by atoms with Crippen LogP contribution in [0.25, 0.3) is 0 Å². The van der Waals surface area contributed by atoms with Crippen LogP contribution in [0.2, 0.25) is 0 Å². The van der Waals surface area contributed by atoms with Crippen molar-refractivity contribution in [1.82, 2.24) is 4.98 Å². The molecule has 0 spiro atoms. The summed E-state index contributed by atoms with van der Waals surface area (Å²) in [4.78, 5) is 3.76. The summed E-state index contributed by atoms with van der Waals surface area (Å²) in [6.07, 6.45) is -3.81. The molecule has 1 aromatic rings. The lowest BCUT2D eigenvalue weighted by Gasteiger charge is -2.14. The summed E-state index contributed by atoms with van der Waals surface area (Å²) < 4.78 is 35.8. The number of hydrogen-bond donors (Lipinski definition) is 2. The molecule has 1 unspecified atom stereocenters. The van der Waals surface area contributed by atoms with Crippen molar-refractivity contribution in [3.8, 4) is 0 Å². The molecule has 0 fully saturated rings. The average Bonchev–Trinajstić information content (AvgIpc) is 2.14. The van der Waals surface area contributed by atoms with Crippen LogP contribution >= 0.6 is 0 Å². The minimum absolute atomic E-state index is 0.181. The molecule has 0 radical (unpaired) electrons. The molecule has 0 aliphatic heterocycles. The van der Waals surface area contributed by atoms with E-state index in [0.29, 0.717) is 5.56 Å². The van der Waals surface area contributed by atoms with Gasteiger partial charge in [-0.05, 0) is 12.5 Å². The summed E-state index contributed by atoms with van der Waals surface area (Å²) in [6, 6.07) is 2.46. The Hall–Kier alpha value is -1.30. The number of hydrogen-bond acceptors (Lipinski definition) is 3. The minimum atomic E-state index is -4.19. The van der Waals surface area contributed by atoms with Gasteiger partial charge in [-0.2, -0.15) is 13.2 Å². The van der Waals surface area contributed by atoms with E-state index in [9.17, 15) is 13.2 Å². The lowest BCUT2D eigenvalue weighted by molar-refractivity contribution is -0.136. The van der Waals surface area contributed by atoms with Crippen molar-refractivity contribution in [2.45, 2.75) is 25.1 Å². The fourth-order valence-corrected chi connectivity index (χ4v) is 1.22. The van der Waals surface area contributed by atoms with Crippen molar-refractivity contribution in [2.75, 3.05) is 5.73 Å². The van der Waals surface area contributed by atoms with Crippen molar-refractivity contribution >= 4 is 5.82 Å². The smallest absolute Gasteiger partial charge is 0.383 e. The quantitative estimate of drug-likeness (QED) is 0.817. The van der Waals surface area contributed by atoms with E-state index in [-0.39, 0.29) is 12.2 Å². The van der Waals surface area contributed by atoms with Gasteiger partial charge in [0.15, 0.2) is 0 Å². The summed E-state index contributed by atoms with van der Waals surface area (Å²) in [6.45, 7) is 0. The molecule has 0 saturated heterocycles. The van der Waals surface area contributed by atoms with Gasteiger partial charge in [0.25, 0.3) is 0 Å². The molecule has 0 aliphatic carbocycles. The fraction of sp³-hybridized carbons (Fsp3) is 0.444. The van der Waals surface area contributed by atoms with Crippen LogP contribution in [0.1, 0.15) is 24.4 Å². The van der Waals surface area contributed by atoms with Gasteiger partial charge in [0.1, 0.15) is 5.82 Å². The number of aromatic nitrogens is 1. The maximum Gasteiger partial charge on any atom is 0.389 e. The first-order valence-electron chi connectivity index (χ1n) is 4.43. The van der Waals surface area contributed by atoms with Gasteiger partial charge in [0, 0.05) is 24.2 Å². The topological polar surface area (TPSA) is 64.9 Å². The maximum atomic E-state index is 11.9. The van der Waals surface area contributed by atoms with Crippen molar-refractivity contribution in [1.29, 1.82) is 0 Å². The number of anilines is 1. The van der Waals surface area contributed by atoms with E-state index < -0.39 is 18.6 Å². The lowest BCUT2D eigenvalue weighted by atomic mass is 10.0. The number of pyridine rings is 1. The second kappa shape index (κ2) is 4.48. The highest BCUT2D eigenvalue weighted by atomic mass is 19.4. The second-order valence-electron chi connectivity index (χ2n) is 3.24. The molecule has 0 saturated carbocycles. The number of nitrogens with two attached hydrogens (primary N) is 2. The standard InChI is InChI=1S/C9H12F3N3/c10-9(11,12)4-3-7(13)6-2-1-5-15-8(6)14/h1-2,5,7H,3-4,13H2,(H2,14,15). The Labute approximate surface area is 85.3 Å². The average molecular weight is 219 g/mol. The molecule has 6 heteroatoms. The van der Waals surface area contributed by atoms with E-state index in [4.69, 9.17) is 11.5 Å². The highest BCUT2D eigenvalue weighted by Gasteiger charge is 2.28. The van der Waals surface area contributed by atoms with Gasteiger partial charge < -0.3 is 11.5 Å². The lowest BCUT2D eigenvalue weighted by Crippen LogP contribution is -2.17. The Morgan fingerprint density at radius 3 is 2.60 bits per heavy atom. The van der Waals surface area contributed by atoms with Crippen LogP contribution in [0.15, 0.2) is 18.3 Å². The first-order chi connectivity index (χ1) is 6.90. The Kier molecular flexibility index (Phi) is 3.52. The van der Waals surface area contributed by atoms with E-state index in [2.05, 4.69) is 4.98 Å². The summed E-state index contributed by atoms with van der Waals surface area (Å²) in [7, 11) is 0. The maximum absolute atomic E-state index is 11.9. The van der Waals surface area contributed by atoms with Crippen LogP contribution < -0.4 is 11.5 Å². The van der Waals surface area contributed by atoms with Gasteiger partial charge in [-0.1, -0.05) is 6.07 Å². The number of rotatable bonds is 3. The van der Waals surface area contributed by atoms with Gasteiger partial charge in [0.05, 0.1) is 0 Å². The SMILES string of the molecule is Nc1ncccc1C(N)CCC(F)(F)F. The van der Waals surface area contributed by atoms with Crippen LogP contribution in [0.4, 0.5) is 19.0 Å². The van der Waals surface area contributed by atoms with Gasteiger partial charge in [-0.3, -0.25) is 0 Å². The largest absolute Gasteiger partial charge is 0.389 e. The van der Waals surface area contributed by atoms with Crippen LogP contribution in [-0.2, 0) is 0 Å². The molecule has 0 amide bonds. The third-order valence-corrected chi connectivity index (χ3v) is 2.01. The van der Waals surface area contributed by atoms with E-state index in [0.717, 1.165) is 0 Å². The van der Waals surface area contributed by atoms with Crippen LogP contribution in [0, 0.1) is 0 Å². The molecule has 15 heavy (non-hydrogen) atoms. The van der Waals surface area contributed by atoms with Gasteiger partial charge in [-0.25, -0.2) is 4.98 Å². The molecule has 4 N–H and O–H groups in total. The van der Waals surface area contributed by atoms with Gasteiger partial charge >= 0.3 is 6.18 Å². The second-order valence-corrected chi connectivity index (χ2v) is 3.24. The Balaban J connectivity index is 2.62. The van der Waals surface area contributed by atoms with Crippen LogP contribution in [0.3, 0.4) is 0 Å². The molecule has 3 nitrogen and oxygen atoms in total. The number of nitrogens with zero attached hydrogens (tertiary/aromatic N) is 1. The first-order valence-corrected chi connectivity index (χ1v) is 4.43. The zero-order valence-electron chi connectivity index (χ0n) is 7.96. The van der Waals surface area contributed by atoms with Crippen molar-refractivity contribution in [3.05, 3.63) is 23.9 Å². The summed E-state index contributed by atoms with van der Waals surface area (Å²) in [5.41, 5.74) is 11.5. The predicted octanol–water partition coefficient (Wildman–Crippen LogP) is 2.01. The number of halogens is 3. The van der Waals surface area contributed by atoms with Crippen LogP contribution in [-0.4, -0.2) is 11.2 Å². The minimum Gasteiger partial charge on any atom is -0.383 e. The summed E-state index contributed by atoms with van der Waals surface area (Å²) >= 11 is 0. The van der Waals surface area contributed by atoms with Crippen molar-refractivity contribution in [2.24, 2.45) is 5.73 Å². The third-order valence-electron chi connectivity index (χ3n) is 2.01. The van der Waals surface area contributed by atoms with E-state index in [1.165, 1.54) is 6.20 Å². The molecular formula is C9H12F3N3. The first kappa shape index (κ1) is 11.8. The van der Waals surface area contributed by atoms with E-state index in [1.54, 1.807) is 12.1 Å². The monoisotopic (exact) mass is 219 g/mol. The van der Waals surface area contributed by atoms with Gasteiger partial charge in [0.2, 0.25) is 0 Å². The molecule has 0 aromatic carbocycles. The van der Waals surface area contributed by atoms with Crippen molar-refractivity contribution in [3.63, 3.8) is 0 Å². The third kappa shape index (κ3) is 3.75. The molecule has 0 aliphatic rings. The number of nitrogen functional groups attached to an aromatic ring is 1. The highest BCUT2D eigenvalue weighted by Crippen LogP contribution is 2.27. The fourth-order valence-electron chi connectivity index (χ4n) is 1.22. The zero-order chi connectivity index (χ0) is 11.5. The summed E-state index contributed by atoms with van der Waals surface area (Å²) in [5.74, 6) is 0.187. The Bertz CT molecular complexity index is 325. The molecule has 1 heterocycles. The molecule has 0 bridgehead atoms. The zero-order valence-corrected chi connectivity index (χ0v) is 7.96. The molecule has 1 rings (SSSR count). The predicted molar refractivity (Wildman–Crippen MR) is 50.9 cm³/mol. The molecular weight excluding hydrogens is 207 g/mol. The van der Waals surface area contributed by atoms with Crippen molar-refractivity contribution < 1.29 is 13.2 Å². The highest BCUT2D eigenvalue weighted by molar-refractivity contribution is 5.40. The molecule has 84 valence electrons. The molecule has 1 aromatic heterocycles. The Morgan fingerprint density at radius 2 is 2.07 bits per heavy atom. The summed E-state index contributed by atoms with van der Waals surface area (Å²) in [5, 5.41) is 0. The normalized spacial score (nSPS) is 13.9. The van der Waals surface area contributed by atoms with Gasteiger partial charge in [-0.15, -0.1) is 0 Å². The van der Waals surface area contributed by atoms with Crippen LogP contribution in [0.5, 0.6) is 0 Å². The Morgan fingerprint density at radius 1 is 1.40 bits per heavy atom.